The van der Waals surface area contributed by atoms with Gasteiger partial charge in [-0.3, -0.25) is 4.79 Å². The summed E-state index contributed by atoms with van der Waals surface area (Å²) in [6.45, 7) is 9.52. The summed E-state index contributed by atoms with van der Waals surface area (Å²) in [4.78, 5) is 15.5. The maximum absolute atomic E-state index is 12.6. The number of carbonyl (C=O) groups is 1. The SMILES string of the molecule is Cc1cc(C[NH+]2CC[NH+](CC(=O)N[C@H](C)c3cccc4ccccc34)CC2)no1. The summed E-state index contributed by atoms with van der Waals surface area (Å²) < 4.78 is 5.16. The van der Waals surface area contributed by atoms with Crippen molar-refractivity contribution < 1.29 is 19.1 Å². The highest BCUT2D eigenvalue weighted by atomic mass is 16.5. The molecule has 1 aliphatic heterocycles. The Morgan fingerprint density at radius 1 is 1.10 bits per heavy atom. The van der Waals surface area contributed by atoms with Gasteiger partial charge in [0.15, 0.2) is 6.54 Å². The summed E-state index contributed by atoms with van der Waals surface area (Å²) in [7, 11) is 0. The van der Waals surface area contributed by atoms with Crippen LogP contribution in [0, 0.1) is 6.92 Å². The molecule has 152 valence electrons. The Morgan fingerprint density at radius 2 is 1.83 bits per heavy atom. The first-order valence-corrected chi connectivity index (χ1v) is 10.4. The van der Waals surface area contributed by atoms with E-state index in [1.807, 2.05) is 25.1 Å². The van der Waals surface area contributed by atoms with E-state index >= 15 is 0 Å². The average Bonchev–Trinajstić information content (AvgIpc) is 3.13. The Hall–Kier alpha value is -2.70. The van der Waals surface area contributed by atoms with E-state index in [9.17, 15) is 4.79 Å². The fraction of sp³-hybridized carbons (Fsp3) is 0.391. The van der Waals surface area contributed by atoms with Crippen molar-refractivity contribution in [1.82, 2.24) is 10.5 Å². The fourth-order valence-electron chi connectivity index (χ4n) is 4.29. The van der Waals surface area contributed by atoms with Gasteiger partial charge in [0.25, 0.3) is 5.91 Å². The number of piperazine rings is 1. The first-order valence-electron chi connectivity index (χ1n) is 10.4. The van der Waals surface area contributed by atoms with Crippen LogP contribution in [0.15, 0.2) is 53.1 Å². The van der Waals surface area contributed by atoms with Crippen molar-refractivity contribution in [3.63, 3.8) is 0 Å². The summed E-state index contributed by atoms with van der Waals surface area (Å²) >= 11 is 0. The van der Waals surface area contributed by atoms with Crippen molar-refractivity contribution in [3.8, 4) is 0 Å². The summed E-state index contributed by atoms with van der Waals surface area (Å²) in [6, 6.07) is 16.6. The number of aromatic nitrogens is 1. The predicted molar refractivity (Wildman–Crippen MR) is 112 cm³/mol. The molecule has 3 aromatic rings. The van der Waals surface area contributed by atoms with Crippen LogP contribution < -0.4 is 15.1 Å². The number of quaternary nitrogens is 2. The van der Waals surface area contributed by atoms with Gasteiger partial charge in [0.05, 0.1) is 6.04 Å². The molecule has 2 heterocycles. The van der Waals surface area contributed by atoms with Crippen LogP contribution in [-0.4, -0.2) is 43.8 Å². The molecule has 0 unspecified atom stereocenters. The molecule has 0 radical (unpaired) electrons. The lowest BCUT2D eigenvalue weighted by Crippen LogP contribution is -3.28. The van der Waals surface area contributed by atoms with Crippen molar-refractivity contribution in [1.29, 1.82) is 0 Å². The van der Waals surface area contributed by atoms with Gasteiger partial charge in [0.2, 0.25) is 0 Å². The molecule has 0 bridgehead atoms. The van der Waals surface area contributed by atoms with Crippen LogP contribution >= 0.6 is 0 Å². The molecule has 3 N–H and O–H groups in total. The highest BCUT2D eigenvalue weighted by Crippen LogP contribution is 2.23. The molecule has 0 spiro atoms. The lowest BCUT2D eigenvalue weighted by Gasteiger charge is -2.29. The van der Waals surface area contributed by atoms with Crippen molar-refractivity contribution in [3.05, 3.63) is 65.5 Å². The molecule has 1 amide bonds. The normalized spacial score (nSPS) is 20.5. The quantitative estimate of drug-likeness (QED) is 0.563. The lowest BCUT2D eigenvalue weighted by molar-refractivity contribution is -1.02. The van der Waals surface area contributed by atoms with Gasteiger partial charge in [0, 0.05) is 6.07 Å². The summed E-state index contributed by atoms with van der Waals surface area (Å²) in [5, 5.41) is 9.70. The molecule has 4 rings (SSSR count). The molecular weight excluding hydrogens is 364 g/mol. The first kappa shape index (κ1) is 19.6. The summed E-state index contributed by atoms with van der Waals surface area (Å²) in [5.41, 5.74) is 2.19. The fourth-order valence-corrected chi connectivity index (χ4v) is 4.29. The standard InChI is InChI=1S/C23H28N4O2/c1-17-14-20(25-29-17)15-26-10-12-27(13-11-26)16-23(28)24-18(2)21-9-5-7-19-6-3-4-8-22(19)21/h3-9,14,18H,10-13,15-16H2,1-2H3,(H,24,28)/p+2/t18-/m1/s1. The van der Waals surface area contributed by atoms with Crippen LogP contribution in [-0.2, 0) is 11.3 Å². The molecule has 0 saturated carbocycles. The van der Waals surface area contributed by atoms with E-state index in [1.165, 1.54) is 26.1 Å². The van der Waals surface area contributed by atoms with Crippen molar-refractivity contribution in [2.24, 2.45) is 0 Å². The molecule has 1 aromatic heterocycles. The number of carbonyl (C=O) groups excluding carboxylic acids is 1. The Morgan fingerprint density at radius 3 is 2.59 bits per heavy atom. The maximum Gasteiger partial charge on any atom is 0.275 e. The minimum atomic E-state index is -0.00433. The van der Waals surface area contributed by atoms with E-state index in [0.29, 0.717) is 6.54 Å². The van der Waals surface area contributed by atoms with Gasteiger partial charge >= 0.3 is 0 Å². The van der Waals surface area contributed by atoms with Crippen LogP contribution in [0.5, 0.6) is 0 Å². The van der Waals surface area contributed by atoms with E-state index in [-0.39, 0.29) is 11.9 Å². The van der Waals surface area contributed by atoms with Crippen LogP contribution in [0.1, 0.15) is 30.0 Å². The smallest absolute Gasteiger partial charge is 0.275 e. The van der Waals surface area contributed by atoms with Gasteiger partial charge in [-0.2, -0.15) is 0 Å². The zero-order chi connectivity index (χ0) is 20.2. The van der Waals surface area contributed by atoms with Crippen molar-refractivity contribution >= 4 is 16.7 Å². The lowest BCUT2D eigenvalue weighted by atomic mass is 10.00. The second-order valence-electron chi connectivity index (χ2n) is 8.14. The number of hydrogen-bond donors (Lipinski definition) is 3. The monoisotopic (exact) mass is 394 g/mol. The molecule has 1 saturated heterocycles. The Kier molecular flexibility index (Phi) is 5.92. The average molecular weight is 395 g/mol. The van der Waals surface area contributed by atoms with E-state index in [2.05, 4.69) is 47.7 Å². The molecule has 1 fully saturated rings. The van der Waals surface area contributed by atoms with Crippen LogP contribution in [0.2, 0.25) is 0 Å². The number of hydrogen-bond acceptors (Lipinski definition) is 3. The maximum atomic E-state index is 12.6. The number of benzene rings is 2. The van der Waals surface area contributed by atoms with Gasteiger partial charge in [-0.15, -0.1) is 0 Å². The molecular formula is C23H30N4O2+2. The van der Waals surface area contributed by atoms with E-state index in [1.54, 1.807) is 0 Å². The van der Waals surface area contributed by atoms with Gasteiger partial charge in [-0.25, -0.2) is 0 Å². The Bertz CT molecular complexity index is 970. The van der Waals surface area contributed by atoms with E-state index in [4.69, 9.17) is 4.52 Å². The largest absolute Gasteiger partial charge is 0.361 e. The Labute approximate surface area is 171 Å². The number of nitrogens with one attached hydrogen (secondary N) is 3. The highest BCUT2D eigenvalue weighted by Gasteiger charge is 2.26. The zero-order valence-corrected chi connectivity index (χ0v) is 17.2. The molecule has 6 nitrogen and oxygen atoms in total. The Balaban J connectivity index is 1.28. The first-order chi connectivity index (χ1) is 14.1. The van der Waals surface area contributed by atoms with Crippen molar-refractivity contribution in [2.45, 2.75) is 26.4 Å². The number of fused-ring (bicyclic) bond motifs is 1. The molecule has 2 aromatic carbocycles. The van der Waals surface area contributed by atoms with Crippen LogP contribution in [0.25, 0.3) is 10.8 Å². The third kappa shape index (κ3) is 4.83. The van der Waals surface area contributed by atoms with Gasteiger partial charge in [-0.05, 0) is 30.2 Å². The van der Waals surface area contributed by atoms with E-state index in [0.717, 1.165) is 44.2 Å². The van der Waals surface area contributed by atoms with Crippen LogP contribution in [0.3, 0.4) is 0 Å². The minimum Gasteiger partial charge on any atom is -0.361 e. The van der Waals surface area contributed by atoms with Crippen LogP contribution in [0.4, 0.5) is 0 Å². The minimum absolute atomic E-state index is 0.00433. The molecule has 29 heavy (non-hydrogen) atoms. The number of rotatable bonds is 6. The number of amides is 1. The molecule has 0 aliphatic carbocycles. The third-order valence-corrected chi connectivity index (χ3v) is 5.85. The summed E-state index contributed by atoms with van der Waals surface area (Å²) in [6.07, 6.45) is 0. The predicted octanol–water partition coefficient (Wildman–Crippen LogP) is 0.297. The van der Waals surface area contributed by atoms with Crippen molar-refractivity contribution in [2.75, 3.05) is 32.7 Å². The molecule has 1 atom stereocenters. The second kappa shape index (κ2) is 8.76. The van der Waals surface area contributed by atoms with Gasteiger partial charge < -0.3 is 19.6 Å². The third-order valence-electron chi connectivity index (χ3n) is 5.85. The number of aryl methyl sites for hydroxylation is 1. The molecule has 1 aliphatic rings. The highest BCUT2D eigenvalue weighted by molar-refractivity contribution is 5.87. The second-order valence-corrected chi connectivity index (χ2v) is 8.14. The topological polar surface area (TPSA) is 64.0 Å². The van der Waals surface area contributed by atoms with Gasteiger partial charge in [0.1, 0.15) is 44.2 Å². The molecule has 6 heteroatoms. The van der Waals surface area contributed by atoms with Gasteiger partial charge in [-0.1, -0.05) is 47.6 Å². The van der Waals surface area contributed by atoms with E-state index < -0.39 is 0 Å². The number of nitrogens with zero attached hydrogens (tertiary/aromatic N) is 1. The zero-order valence-electron chi connectivity index (χ0n) is 17.2. The summed E-state index contributed by atoms with van der Waals surface area (Å²) in [5.74, 6) is 0.983.